The van der Waals surface area contributed by atoms with E-state index in [2.05, 4.69) is 31.8 Å². The number of hydrogen-bond acceptors (Lipinski definition) is 8. The molecule has 3 aromatic heterocycles. The number of carbonyl (C=O) groups excluding carboxylic acids is 1. The van der Waals surface area contributed by atoms with E-state index in [0.717, 1.165) is 66.3 Å². The maximum Gasteiger partial charge on any atom is 0.215 e. The Balaban J connectivity index is 1.67. The molecule has 3 aromatic rings. The molecule has 1 aliphatic heterocycles. The molecule has 9 heteroatoms. The standard InChI is InChI=1S/C21H27N7O2/c1-14-10-15(11-22-21(14)30-4)18-25-17-19(23-13-24-20(17)27(18)3)26(2)16-6-8-28(12-16)7-5-9-29/h9-11,13,16H,5-8,12H2,1-4H3. The molecule has 4 rings (SSSR count). The molecule has 9 nitrogen and oxygen atoms in total. The minimum Gasteiger partial charge on any atom is -0.481 e. The molecular weight excluding hydrogens is 382 g/mol. The third-order valence-electron chi connectivity index (χ3n) is 5.81. The third-order valence-corrected chi connectivity index (χ3v) is 5.81. The molecule has 0 radical (unpaired) electrons. The summed E-state index contributed by atoms with van der Waals surface area (Å²) in [6.07, 6.45) is 5.95. The van der Waals surface area contributed by atoms with E-state index in [0.29, 0.717) is 18.3 Å². The first kappa shape index (κ1) is 20.2. The monoisotopic (exact) mass is 409 g/mol. The first-order chi connectivity index (χ1) is 14.5. The van der Waals surface area contributed by atoms with Gasteiger partial charge in [-0.3, -0.25) is 0 Å². The number of likely N-dealkylation sites (N-methyl/N-ethyl adjacent to an activating group) is 1. The third kappa shape index (κ3) is 3.60. The smallest absolute Gasteiger partial charge is 0.215 e. The average Bonchev–Trinajstić information content (AvgIpc) is 3.36. The van der Waals surface area contributed by atoms with Gasteiger partial charge in [0.2, 0.25) is 5.88 Å². The molecule has 1 saturated heterocycles. The SMILES string of the molecule is COc1ncc(-c2nc3c(N(C)C4CCN(CCC=O)C4)ncnc3n2C)cc1C. The van der Waals surface area contributed by atoms with Gasteiger partial charge >= 0.3 is 0 Å². The summed E-state index contributed by atoms with van der Waals surface area (Å²) in [6.45, 7) is 4.68. The summed E-state index contributed by atoms with van der Waals surface area (Å²) in [7, 11) is 5.63. The zero-order chi connectivity index (χ0) is 21.3. The van der Waals surface area contributed by atoms with Crippen molar-refractivity contribution in [3.8, 4) is 17.3 Å². The maximum absolute atomic E-state index is 10.7. The van der Waals surface area contributed by atoms with E-state index < -0.39 is 0 Å². The van der Waals surface area contributed by atoms with Crippen molar-refractivity contribution in [3.05, 3.63) is 24.2 Å². The number of anilines is 1. The Labute approximate surface area is 175 Å². The van der Waals surface area contributed by atoms with Gasteiger partial charge < -0.3 is 23.9 Å². The summed E-state index contributed by atoms with van der Waals surface area (Å²) in [6, 6.07) is 2.34. The van der Waals surface area contributed by atoms with Crippen molar-refractivity contribution in [2.24, 2.45) is 7.05 Å². The number of aldehydes is 1. The van der Waals surface area contributed by atoms with Crippen molar-refractivity contribution in [1.82, 2.24) is 29.4 Å². The number of hydrogen-bond donors (Lipinski definition) is 0. The molecule has 30 heavy (non-hydrogen) atoms. The van der Waals surface area contributed by atoms with Gasteiger partial charge in [-0.05, 0) is 19.4 Å². The van der Waals surface area contributed by atoms with Crippen LogP contribution < -0.4 is 9.64 Å². The van der Waals surface area contributed by atoms with E-state index in [1.165, 1.54) is 0 Å². The molecule has 0 N–H and O–H groups in total. The van der Waals surface area contributed by atoms with Crippen LogP contribution in [0.25, 0.3) is 22.6 Å². The number of fused-ring (bicyclic) bond motifs is 1. The molecule has 4 heterocycles. The van der Waals surface area contributed by atoms with Crippen LogP contribution in [-0.4, -0.2) is 75.5 Å². The fourth-order valence-corrected chi connectivity index (χ4v) is 4.14. The van der Waals surface area contributed by atoms with Gasteiger partial charge in [0.25, 0.3) is 0 Å². The molecule has 0 aliphatic carbocycles. The van der Waals surface area contributed by atoms with E-state index in [-0.39, 0.29) is 0 Å². The summed E-state index contributed by atoms with van der Waals surface area (Å²) >= 11 is 0. The summed E-state index contributed by atoms with van der Waals surface area (Å²) < 4.78 is 7.25. The van der Waals surface area contributed by atoms with Crippen molar-refractivity contribution in [2.45, 2.75) is 25.8 Å². The number of pyridine rings is 1. The van der Waals surface area contributed by atoms with Gasteiger partial charge in [-0.25, -0.2) is 19.9 Å². The number of likely N-dealkylation sites (tertiary alicyclic amines) is 1. The Morgan fingerprint density at radius 3 is 2.90 bits per heavy atom. The van der Waals surface area contributed by atoms with E-state index in [1.807, 2.05) is 24.6 Å². The highest BCUT2D eigenvalue weighted by Gasteiger charge is 2.28. The number of rotatable bonds is 7. The summed E-state index contributed by atoms with van der Waals surface area (Å²) in [5, 5.41) is 0. The van der Waals surface area contributed by atoms with Gasteiger partial charge in [0, 0.05) is 63.5 Å². The molecule has 0 saturated carbocycles. The topological polar surface area (TPSA) is 89.3 Å². The summed E-state index contributed by atoms with van der Waals surface area (Å²) in [5.41, 5.74) is 3.42. The highest BCUT2D eigenvalue weighted by atomic mass is 16.5. The Morgan fingerprint density at radius 2 is 2.17 bits per heavy atom. The first-order valence-corrected chi connectivity index (χ1v) is 10.1. The second kappa shape index (κ2) is 8.35. The summed E-state index contributed by atoms with van der Waals surface area (Å²) in [4.78, 5) is 33.5. The lowest BCUT2D eigenvalue weighted by Gasteiger charge is -2.25. The molecular formula is C21H27N7O2. The van der Waals surface area contributed by atoms with E-state index in [9.17, 15) is 4.79 Å². The van der Waals surface area contributed by atoms with Crippen LogP contribution in [0.15, 0.2) is 18.6 Å². The molecule has 1 aliphatic rings. The van der Waals surface area contributed by atoms with Crippen LogP contribution in [0.5, 0.6) is 5.88 Å². The lowest BCUT2D eigenvalue weighted by molar-refractivity contribution is -0.108. The van der Waals surface area contributed by atoms with Gasteiger partial charge in [0.15, 0.2) is 17.0 Å². The highest BCUT2D eigenvalue weighted by molar-refractivity contribution is 5.86. The average molecular weight is 409 g/mol. The highest BCUT2D eigenvalue weighted by Crippen LogP contribution is 2.30. The lowest BCUT2D eigenvalue weighted by atomic mass is 10.2. The van der Waals surface area contributed by atoms with E-state index in [1.54, 1.807) is 19.6 Å². The molecule has 1 unspecified atom stereocenters. The summed E-state index contributed by atoms with van der Waals surface area (Å²) in [5.74, 6) is 2.22. The number of ether oxygens (including phenoxy) is 1. The predicted molar refractivity (Wildman–Crippen MR) is 115 cm³/mol. The van der Waals surface area contributed by atoms with Crippen LogP contribution in [0.2, 0.25) is 0 Å². The van der Waals surface area contributed by atoms with Crippen molar-refractivity contribution >= 4 is 23.3 Å². The Morgan fingerprint density at radius 1 is 1.33 bits per heavy atom. The molecule has 0 aromatic carbocycles. The molecule has 0 amide bonds. The fraction of sp³-hybridized carbons (Fsp3) is 0.476. The Bertz CT molecular complexity index is 1060. The van der Waals surface area contributed by atoms with Crippen molar-refractivity contribution in [2.75, 3.05) is 38.7 Å². The molecule has 158 valence electrons. The zero-order valence-electron chi connectivity index (χ0n) is 17.9. The number of carbonyl (C=O) groups is 1. The van der Waals surface area contributed by atoms with Crippen LogP contribution in [0.3, 0.4) is 0 Å². The van der Waals surface area contributed by atoms with E-state index in [4.69, 9.17) is 9.72 Å². The Hall–Kier alpha value is -3.07. The first-order valence-electron chi connectivity index (χ1n) is 10.1. The Kier molecular flexibility index (Phi) is 5.63. The zero-order valence-corrected chi connectivity index (χ0v) is 17.9. The van der Waals surface area contributed by atoms with Gasteiger partial charge in [-0.15, -0.1) is 0 Å². The van der Waals surface area contributed by atoms with Crippen LogP contribution in [0.4, 0.5) is 5.82 Å². The second-order valence-electron chi connectivity index (χ2n) is 7.72. The fourth-order valence-electron chi connectivity index (χ4n) is 4.14. The number of nitrogens with zero attached hydrogens (tertiary/aromatic N) is 7. The maximum atomic E-state index is 10.7. The van der Waals surface area contributed by atoms with Gasteiger partial charge in [-0.2, -0.15) is 0 Å². The second-order valence-corrected chi connectivity index (χ2v) is 7.72. The number of imidazole rings is 1. The predicted octanol–water partition coefficient (Wildman–Crippen LogP) is 1.84. The number of methoxy groups -OCH3 is 1. The van der Waals surface area contributed by atoms with Gasteiger partial charge in [0.1, 0.15) is 18.4 Å². The van der Waals surface area contributed by atoms with Crippen molar-refractivity contribution in [3.63, 3.8) is 0 Å². The number of aromatic nitrogens is 5. The van der Waals surface area contributed by atoms with Crippen LogP contribution in [0.1, 0.15) is 18.4 Å². The normalized spacial score (nSPS) is 16.9. The van der Waals surface area contributed by atoms with E-state index >= 15 is 0 Å². The van der Waals surface area contributed by atoms with Crippen LogP contribution in [-0.2, 0) is 11.8 Å². The van der Waals surface area contributed by atoms with Gasteiger partial charge in [0.05, 0.1) is 7.11 Å². The van der Waals surface area contributed by atoms with Crippen molar-refractivity contribution in [1.29, 1.82) is 0 Å². The largest absolute Gasteiger partial charge is 0.481 e. The quantitative estimate of drug-likeness (QED) is 0.546. The van der Waals surface area contributed by atoms with Crippen molar-refractivity contribution < 1.29 is 9.53 Å². The molecule has 0 bridgehead atoms. The minimum atomic E-state index is 0.324. The minimum absolute atomic E-state index is 0.324. The molecule has 1 fully saturated rings. The lowest BCUT2D eigenvalue weighted by Crippen LogP contribution is -2.35. The molecule has 0 spiro atoms. The van der Waals surface area contributed by atoms with Gasteiger partial charge in [-0.1, -0.05) is 0 Å². The van der Waals surface area contributed by atoms with Crippen LogP contribution in [0, 0.1) is 6.92 Å². The van der Waals surface area contributed by atoms with Crippen LogP contribution >= 0.6 is 0 Å². The number of aryl methyl sites for hydroxylation is 2. The molecule has 1 atom stereocenters.